The first-order chi connectivity index (χ1) is 15.7. The number of piperazine rings is 1. The Kier molecular flexibility index (Phi) is 8.14. The lowest BCUT2D eigenvalue weighted by atomic mass is 10.2. The molecule has 1 fully saturated rings. The molecule has 0 saturated carbocycles. The molecule has 0 bridgehead atoms. The van der Waals surface area contributed by atoms with Crippen LogP contribution in [-0.4, -0.2) is 64.3 Å². The highest BCUT2D eigenvalue weighted by atomic mass is 32.2. The third-order valence-electron chi connectivity index (χ3n) is 5.57. The van der Waals surface area contributed by atoms with E-state index in [0.717, 1.165) is 43.9 Å². The van der Waals surface area contributed by atoms with Crippen molar-refractivity contribution in [2.24, 2.45) is 0 Å². The van der Waals surface area contributed by atoms with Gasteiger partial charge in [0.25, 0.3) is 0 Å². The van der Waals surface area contributed by atoms with Crippen molar-refractivity contribution in [3.8, 4) is 5.75 Å². The minimum Gasteiger partial charge on any atom is -0.410 e. The molecule has 0 radical (unpaired) electrons. The summed E-state index contributed by atoms with van der Waals surface area (Å²) in [7, 11) is 0. The van der Waals surface area contributed by atoms with Crippen LogP contribution in [0.3, 0.4) is 0 Å². The summed E-state index contributed by atoms with van der Waals surface area (Å²) in [6.45, 7) is 6.22. The molecular weight excluding hydrogens is 440 g/mol. The van der Waals surface area contributed by atoms with E-state index < -0.39 is 0 Å². The molecule has 0 N–H and O–H groups in total. The second-order valence-electron chi connectivity index (χ2n) is 7.73. The van der Waals surface area contributed by atoms with Crippen molar-refractivity contribution in [1.29, 1.82) is 0 Å². The van der Waals surface area contributed by atoms with Gasteiger partial charge in [0.15, 0.2) is 0 Å². The number of nitrogens with zero attached hydrogens (tertiary/aromatic N) is 4. The molecule has 6 nitrogen and oxygen atoms in total. The zero-order valence-electron chi connectivity index (χ0n) is 18.3. The molecule has 2 aromatic heterocycles. The number of ether oxygens (including phenoxy) is 1. The smallest absolute Gasteiger partial charge is 0.410 e. The number of carbonyl (C=O) groups excluding carboxylic acids is 1. The summed E-state index contributed by atoms with van der Waals surface area (Å²) in [4.78, 5) is 27.7. The minimum absolute atomic E-state index is 0.260. The highest BCUT2D eigenvalue weighted by Gasteiger charge is 2.22. The maximum absolute atomic E-state index is 12.5. The number of rotatable bonds is 8. The second kappa shape index (κ2) is 11.4. The molecule has 1 aliphatic rings. The van der Waals surface area contributed by atoms with Gasteiger partial charge in [-0.1, -0.05) is 12.1 Å². The van der Waals surface area contributed by atoms with E-state index >= 15 is 0 Å². The monoisotopic (exact) mass is 468 g/mol. The van der Waals surface area contributed by atoms with Gasteiger partial charge in [-0.2, -0.15) is 0 Å². The molecule has 0 aliphatic carbocycles. The lowest BCUT2D eigenvalue weighted by Crippen LogP contribution is -2.49. The number of benzene rings is 1. The Morgan fingerprint density at radius 3 is 2.50 bits per heavy atom. The fraction of sp³-hybridized carbons (Fsp3) is 0.375. The molecule has 168 valence electrons. The van der Waals surface area contributed by atoms with Crippen LogP contribution in [0.4, 0.5) is 4.79 Å². The standard InChI is InChI=1S/C24H28N4O2S2/c1-19-23(32-18-26-19)8-12-27-13-15-28(16-14-27)24(29)30-21-4-2-20(3-5-21)9-17-31-22-6-10-25-11-7-22/h2-7,10-11,18H,8-9,12-17H2,1H3. The predicted octanol–water partition coefficient (Wildman–Crippen LogP) is 4.54. The number of aromatic nitrogens is 2. The number of thioether (sulfide) groups is 1. The Balaban J connectivity index is 1.17. The van der Waals surface area contributed by atoms with Crippen LogP contribution in [0.5, 0.6) is 5.75 Å². The summed E-state index contributed by atoms with van der Waals surface area (Å²) in [6, 6.07) is 11.9. The van der Waals surface area contributed by atoms with Crippen LogP contribution in [0.2, 0.25) is 0 Å². The maximum Gasteiger partial charge on any atom is 0.415 e. The molecule has 32 heavy (non-hydrogen) atoms. The highest BCUT2D eigenvalue weighted by Crippen LogP contribution is 2.20. The number of hydrogen-bond donors (Lipinski definition) is 0. The van der Waals surface area contributed by atoms with Crippen LogP contribution in [0.25, 0.3) is 0 Å². The van der Waals surface area contributed by atoms with Crippen LogP contribution in [0.15, 0.2) is 59.2 Å². The van der Waals surface area contributed by atoms with Crippen LogP contribution >= 0.6 is 23.1 Å². The molecule has 4 rings (SSSR count). The summed E-state index contributed by atoms with van der Waals surface area (Å²) in [5.74, 6) is 1.60. The van der Waals surface area contributed by atoms with Gasteiger partial charge in [0.05, 0.1) is 11.2 Å². The first-order valence-corrected chi connectivity index (χ1v) is 12.7. The molecule has 1 aromatic carbocycles. The van der Waals surface area contributed by atoms with Crippen molar-refractivity contribution in [2.45, 2.75) is 24.7 Å². The van der Waals surface area contributed by atoms with Gasteiger partial charge in [-0.05, 0) is 49.6 Å². The maximum atomic E-state index is 12.5. The Morgan fingerprint density at radius 1 is 1.06 bits per heavy atom. The normalized spacial score (nSPS) is 14.5. The minimum atomic E-state index is -0.260. The van der Waals surface area contributed by atoms with E-state index in [4.69, 9.17) is 4.74 Å². The molecule has 8 heteroatoms. The molecule has 3 heterocycles. The van der Waals surface area contributed by atoms with E-state index in [1.165, 1.54) is 15.3 Å². The molecular formula is C24H28N4O2S2. The Labute approximate surface area is 197 Å². The van der Waals surface area contributed by atoms with Crippen LogP contribution in [0.1, 0.15) is 16.1 Å². The van der Waals surface area contributed by atoms with Gasteiger partial charge in [-0.3, -0.25) is 9.88 Å². The molecule has 0 atom stereocenters. The predicted molar refractivity (Wildman–Crippen MR) is 130 cm³/mol. The van der Waals surface area contributed by atoms with Crippen LogP contribution in [-0.2, 0) is 12.8 Å². The van der Waals surface area contributed by atoms with Gasteiger partial charge in [0, 0.05) is 60.6 Å². The zero-order valence-corrected chi connectivity index (χ0v) is 19.9. The topological polar surface area (TPSA) is 58.6 Å². The van der Waals surface area contributed by atoms with Gasteiger partial charge in [0.2, 0.25) is 0 Å². The molecule has 1 saturated heterocycles. The van der Waals surface area contributed by atoms with Crippen molar-refractivity contribution in [1.82, 2.24) is 19.8 Å². The van der Waals surface area contributed by atoms with Crippen molar-refractivity contribution in [2.75, 3.05) is 38.5 Å². The summed E-state index contributed by atoms with van der Waals surface area (Å²) in [5.41, 5.74) is 4.28. The lowest BCUT2D eigenvalue weighted by Gasteiger charge is -2.33. The number of pyridine rings is 1. The number of amides is 1. The molecule has 0 unspecified atom stereocenters. The Morgan fingerprint density at radius 2 is 1.81 bits per heavy atom. The molecule has 3 aromatic rings. The SMILES string of the molecule is Cc1ncsc1CCN1CCN(C(=O)Oc2ccc(CCSc3ccncc3)cc2)CC1. The molecule has 0 spiro atoms. The quantitative estimate of drug-likeness (QED) is 0.453. The fourth-order valence-corrected chi connectivity index (χ4v) is 5.25. The third kappa shape index (κ3) is 6.54. The van der Waals surface area contributed by atoms with E-state index in [0.29, 0.717) is 18.8 Å². The van der Waals surface area contributed by atoms with Crippen molar-refractivity contribution < 1.29 is 9.53 Å². The Bertz CT molecular complexity index is 987. The van der Waals surface area contributed by atoms with E-state index in [1.54, 1.807) is 16.2 Å². The first kappa shape index (κ1) is 22.8. The summed E-state index contributed by atoms with van der Waals surface area (Å²) in [6.07, 6.45) is 5.35. The highest BCUT2D eigenvalue weighted by molar-refractivity contribution is 7.99. The lowest BCUT2D eigenvalue weighted by molar-refractivity contribution is 0.111. The number of carbonyl (C=O) groups is 1. The van der Waals surface area contributed by atoms with Gasteiger partial charge in [-0.25, -0.2) is 9.78 Å². The molecule has 1 aliphatic heterocycles. The number of aryl methyl sites for hydroxylation is 2. The fourth-order valence-electron chi connectivity index (χ4n) is 3.59. The second-order valence-corrected chi connectivity index (χ2v) is 9.84. The molecule has 1 amide bonds. The van der Waals surface area contributed by atoms with Gasteiger partial charge in [0.1, 0.15) is 5.75 Å². The van der Waals surface area contributed by atoms with E-state index in [9.17, 15) is 4.79 Å². The first-order valence-electron chi connectivity index (χ1n) is 10.9. The third-order valence-corrected chi connectivity index (χ3v) is 7.58. The van der Waals surface area contributed by atoms with Crippen LogP contribution in [0, 0.1) is 6.92 Å². The van der Waals surface area contributed by atoms with E-state index in [-0.39, 0.29) is 6.09 Å². The zero-order chi connectivity index (χ0) is 22.2. The summed E-state index contributed by atoms with van der Waals surface area (Å²) >= 11 is 3.54. The average Bonchev–Trinajstić information content (AvgIpc) is 3.24. The van der Waals surface area contributed by atoms with Gasteiger partial charge in [-0.15, -0.1) is 23.1 Å². The van der Waals surface area contributed by atoms with Gasteiger partial charge < -0.3 is 9.64 Å². The van der Waals surface area contributed by atoms with Crippen molar-refractivity contribution >= 4 is 29.2 Å². The Hall–Kier alpha value is -2.42. The summed E-state index contributed by atoms with van der Waals surface area (Å²) < 4.78 is 5.60. The largest absolute Gasteiger partial charge is 0.415 e. The van der Waals surface area contributed by atoms with Crippen molar-refractivity contribution in [3.05, 3.63) is 70.4 Å². The van der Waals surface area contributed by atoms with E-state index in [2.05, 4.69) is 21.8 Å². The van der Waals surface area contributed by atoms with Crippen LogP contribution < -0.4 is 4.74 Å². The van der Waals surface area contributed by atoms with E-state index in [1.807, 2.05) is 66.1 Å². The van der Waals surface area contributed by atoms with Crippen molar-refractivity contribution in [3.63, 3.8) is 0 Å². The summed E-state index contributed by atoms with van der Waals surface area (Å²) in [5, 5.41) is 0. The van der Waals surface area contributed by atoms with Gasteiger partial charge >= 0.3 is 6.09 Å². The average molecular weight is 469 g/mol. The number of thiazole rings is 1. The number of hydrogen-bond acceptors (Lipinski definition) is 7.